The number of rotatable bonds is 4. The number of benzene rings is 1. The summed E-state index contributed by atoms with van der Waals surface area (Å²) >= 11 is 5.30. The third-order valence-electron chi connectivity index (χ3n) is 2.50. The number of hydrogen-bond acceptors (Lipinski definition) is 1. The fourth-order valence-corrected chi connectivity index (χ4v) is 1.51. The fraction of sp³-hybridized carbons (Fsp3) is 0.417. The number of carbonyl (C=O) groups is 1. The molecule has 1 nitrogen and oxygen atoms in total. The monoisotopic (exact) mass is 210 g/mol. The Morgan fingerprint density at radius 2 is 1.93 bits per heavy atom. The smallest absolute Gasteiger partial charge is 0.226 e. The Morgan fingerprint density at radius 1 is 1.36 bits per heavy atom. The molecule has 0 bridgehead atoms. The van der Waals surface area contributed by atoms with E-state index in [9.17, 15) is 4.79 Å². The van der Waals surface area contributed by atoms with E-state index >= 15 is 0 Å². The van der Waals surface area contributed by atoms with E-state index in [0.29, 0.717) is 12.3 Å². The number of carbonyl (C=O) groups excluding carboxylic acids is 1. The average Bonchev–Trinajstić information content (AvgIpc) is 2.17. The van der Waals surface area contributed by atoms with E-state index in [2.05, 4.69) is 26.0 Å². The van der Waals surface area contributed by atoms with Gasteiger partial charge in [0.15, 0.2) is 0 Å². The second-order valence-corrected chi connectivity index (χ2v) is 4.00. The largest absolute Gasteiger partial charge is 0.281 e. The van der Waals surface area contributed by atoms with Gasteiger partial charge in [-0.1, -0.05) is 38.1 Å². The molecular weight excluding hydrogens is 196 g/mol. The summed E-state index contributed by atoms with van der Waals surface area (Å²) in [5.41, 5.74) is 2.30. The lowest BCUT2D eigenvalue weighted by Gasteiger charge is -2.08. The zero-order valence-electron chi connectivity index (χ0n) is 8.59. The lowest BCUT2D eigenvalue weighted by molar-refractivity contribution is -0.111. The summed E-state index contributed by atoms with van der Waals surface area (Å²) in [5.74, 6) is 0.579. The van der Waals surface area contributed by atoms with Crippen molar-refractivity contribution >= 4 is 16.8 Å². The van der Waals surface area contributed by atoms with Crippen LogP contribution in [0.3, 0.4) is 0 Å². The molecule has 0 N–H and O–H groups in total. The van der Waals surface area contributed by atoms with Gasteiger partial charge in [0, 0.05) is 6.42 Å². The molecule has 0 aliphatic heterocycles. The Hall–Kier alpha value is -0.820. The van der Waals surface area contributed by atoms with Gasteiger partial charge >= 0.3 is 0 Å². The third kappa shape index (κ3) is 3.15. The summed E-state index contributed by atoms with van der Waals surface area (Å²) in [4.78, 5) is 10.7. The summed E-state index contributed by atoms with van der Waals surface area (Å²) in [7, 11) is 0. The summed E-state index contributed by atoms with van der Waals surface area (Å²) in [5, 5.41) is -0.304. The van der Waals surface area contributed by atoms with Crippen molar-refractivity contribution in [3.63, 3.8) is 0 Å². The number of halogens is 1. The number of hydrogen-bond donors (Lipinski definition) is 0. The van der Waals surface area contributed by atoms with Crippen molar-refractivity contribution in [2.24, 2.45) is 0 Å². The minimum Gasteiger partial charge on any atom is -0.281 e. The first kappa shape index (κ1) is 11.3. The van der Waals surface area contributed by atoms with Crippen LogP contribution in [0.5, 0.6) is 0 Å². The van der Waals surface area contributed by atoms with E-state index in [1.54, 1.807) is 0 Å². The normalized spacial score (nSPS) is 12.5. The zero-order chi connectivity index (χ0) is 10.6. The molecule has 0 spiro atoms. The highest BCUT2D eigenvalue weighted by molar-refractivity contribution is 6.63. The molecule has 2 heteroatoms. The first-order valence-electron chi connectivity index (χ1n) is 4.90. The second kappa shape index (κ2) is 5.16. The lowest BCUT2D eigenvalue weighted by Crippen LogP contribution is -1.95. The molecule has 14 heavy (non-hydrogen) atoms. The Kier molecular flexibility index (Phi) is 4.15. The molecule has 1 atom stereocenters. The van der Waals surface area contributed by atoms with Gasteiger partial charge in [0.05, 0.1) is 0 Å². The minimum absolute atomic E-state index is 0.304. The zero-order valence-corrected chi connectivity index (χ0v) is 9.34. The first-order chi connectivity index (χ1) is 6.63. The van der Waals surface area contributed by atoms with Crippen LogP contribution in [-0.4, -0.2) is 5.24 Å². The van der Waals surface area contributed by atoms with Crippen LogP contribution in [0.2, 0.25) is 0 Å². The van der Waals surface area contributed by atoms with Crippen LogP contribution in [0.25, 0.3) is 0 Å². The molecule has 0 aliphatic carbocycles. The van der Waals surface area contributed by atoms with Gasteiger partial charge in [-0.05, 0) is 35.1 Å². The predicted octanol–water partition coefficient (Wildman–Crippen LogP) is 3.51. The second-order valence-electron chi connectivity index (χ2n) is 3.58. The van der Waals surface area contributed by atoms with Gasteiger partial charge < -0.3 is 0 Å². The highest BCUT2D eigenvalue weighted by atomic mass is 35.5. The van der Waals surface area contributed by atoms with Gasteiger partial charge in [-0.3, -0.25) is 4.79 Å². The Bertz CT molecular complexity index is 303. The molecule has 0 radical (unpaired) electrons. The van der Waals surface area contributed by atoms with E-state index in [1.165, 1.54) is 5.56 Å². The molecule has 0 aromatic heterocycles. The van der Waals surface area contributed by atoms with E-state index < -0.39 is 0 Å². The summed E-state index contributed by atoms with van der Waals surface area (Å²) in [6.07, 6.45) is 1.45. The summed E-state index contributed by atoms with van der Waals surface area (Å²) in [6.45, 7) is 4.36. The topological polar surface area (TPSA) is 17.1 Å². The van der Waals surface area contributed by atoms with Crippen molar-refractivity contribution < 1.29 is 4.79 Å². The molecule has 1 rings (SSSR count). The molecule has 0 fully saturated rings. The molecule has 0 heterocycles. The van der Waals surface area contributed by atoms with Gasteiger partial charge in [-0.25, -0.2) is 0 Å². The van der Waals surface area contributed by atoms with E-state index in [-0.39, 0.29) is 5.24 Å². The third-order valence-corrected chi connectivity index (χ3v) is 2.64. The SMILES string of the molecule is CCC(C)c1ccc(CC(=O)Cl)cc1. The minimum atomic E-state index is -0.304. The van der Waals surface area contributed by atoms with Gasteiger partial charge in [0.1, 0.15) is 0 Å². The quantitative estimate of drug-likeness (QED) is 0.696. The van der Waals surface area contributed by atoms with Crippen LogP contribution in [0.4, 0.5) is 0 Å². The summed E-state index contributed by atoms with van der Waals surface area (Å²) < 4.78 is 0. The van der Waals surface area contributed by atoms with Crippen molar-refractivity contribution in [2.45, 2.75) is 32.6 Å². The predicted molar refractivity (Wildman–Crippen MR) is 59.7 cm³/mol. The highest BCUT2D eigenvalue weighted by Crippen LogP contribution is 2.19. The van der Waals surface area contributed by atoms with Gasteiger partial charge in [0.2, 0.25) is 5.24 Å². The van der Waals surface area contributed by atoms with Crippen molar-refractivity contribution in [2.75, 3.05) is 0 Å². The Labute approximate surface area is 90.1 Å². The van der Waals surface area contributed by atoms with E-state index in [4.69, 9.17) is 11.6 Å². The molecule has 0 saturated carbocycles. The van der Waals surface area contributed by atoms with E-state index in [0.717, 1.165) is 12.0 Å². The molecule has 1 aromatic rings. The van der Waals surface area contributed by atoms with Crippen LogP contribution in [0.15, 0.2) is 24.3 Å². The van der Waals surface area contributed by atoms with Gasteiger partial charge in [-0.15, -0.1) is 0 Å². The molecule has 0 saturated heterocycles. The standard InChI is InChI=1S/C12H15ClO/c1-3-9(2)11-6-4-10(5-7-11)8-12(13)14/h4-7,9H,3,8H2,1-2H3. The average molecular weight is 211 g/mol. The Morgan fingerprint density at radius 3 is 2.36 bits per heavy atom. The van der Waals surface area contributed by atoms with Crippen molar-refractivity contribution in [3.05, 3.63) is 35.4 Å². The van der Waals surface area contributed by atoms with Gasteiger partial charge in [-0.2, -0.15) is 0 Å². The van der Waals surface area contributed by atoms with Crippen molar-refractivity contribution in [1.82, 2.24) is 0 Å². The van der Waals surface area contributed by atoms with Crippen molar-refractivity contribution in [1.29, 1.82) is 0 Å². The Balaban J connectivity index is 2.73. The van der Waals surface area contributed by atoms with Crippen molar-refractivity contribution in [3.8, 4) is 0 Å². The maximum Gasteiger partial charge on any atom is 0.226 e. The van der Waals surface area contributed by atoms with Crippen LogP contribution >= 0.6 is 11.6 Å². The van der Waals surface area contributed by atoms with Crippen LogP contribution in [0.1, 0.15) is 37.3 Å². The first-order valence-corrected chi connectivity index (χ1v) is 5.28. The molecular formula is C12H15ClO. The van der Waals surface area contributed by atoms with Crippen LogP contribution in [0, 0.1) is 0 Å². The lowest BCUT2D eigenvalue weighted by atomic mass is 9.97. The van der Waals surface area contributed by atoms with Crippen LogP contribution in [-0.2, 0) is 11.2 Å². The molecule has 0 aliphatic rings. The molecule has 1 aromatic carbocycles. The highest BCUT2D eigenvalue weighted by Gasteiger charge is 2.03. The molecule has 1 unspecified atom stereocenters. The fourth-order valence-electron chi connectivity index (χ4n) is 1.36. The molecule has 76 valence electrons. The molecule has 0 amide bonds. The summed E-state index contributed by atoms with van der Waals surface area (Å²) in [6, 6.07) is 8.09. The van der Waals surface area contributed by atoms with Crippen LogP contribution < -0.4 is 0 Å². The maximum atomic E-state index is 10.7. The maximum absolute atomic E-state index is 10.7. The van der Waals surface area contributed by atoms with Gasteiger partial charge in [0.25, 0.3) is 0 Å². The van der Waals surface area contributed by atoms with E-state index in [1.807, 2.05) is 12.1 Å².